The first-order valence-corrected chi connectivity index (χ1v) is 21.9. The van der Waals surface area contributed by atoms with Gasteiger partial charge in [-0.2, -0.15) is 0 Å². The van der Waals surface area contributed by atoms with Crippen LogP contribution in [0.4, 0.5) is 5.69 Å². The third-order valence-corrected chi connectivity index (χ3v) is 13.4. The van der Waals surface area contributed by atoms with Gasteiger partial charge in [0, 0.05) is 52.1 Å². The van der Waals surface area contributed by atoms with Crippen molar-refractivity contribution >= 4 is 55.8 Å². The number of dihydropyridines is 1. The number of allylic oxidation sites excluding steroid dienone is 3. The van der Waals surface area contributed by atoms with Crippen LogP contribution in [-0.2, 0) is 19.3 Å². The number of pyridine rings is 2. The van der Waals surface area contributed by atoms with Crippen LogP contribution in [0.15, 0.2) is 199 Å². The van der Waals surface area contributed by atoms with Crippen LogP contribution in [-0.4, -0.2) is 37.4 Å². The second kappa shape index (κ2) is 14.7. The van der Waals surface area contributed by atoms with Crippen LogP contribution >= 0.6 is 0 Å². The standard InChI is InChI=1S/C56H46N6/c1-56(35-38-20-26-41(27-21-38)60-47-14-5-2-11-44(47)53-50(60)17-8-32-57-53,36-39-22-28-42(29-23-39)61-48-15-6-3-12-45(48)54-51(61)18-9-33-58-54)37-40-24-30-43(31-25-40)62-49-16-7-4-13-46(49)55-52(62)19-10-34-59-55/h2-6,8-15,17-34,52,55H,7,16,35-37H2,1H3. The molecule has 0 spiro atoms. The molecule has 4 aromatic heterocycles. The fraction of sp³-hybridized carbons (Fsp3) is 0.161. The molecule has 3 aliphatic rings. The minimum atomic E-state index is -0.0680. The number of hydrogen-bond donors (Lipinski definition) is 0. The fourth-order valence-corrected chi connectivity index (χ4v) is 10.8. The first-order valence-electron chi connectivity index (χ1n) is 21.9. The highest BCUT2D eigenvalue weighted by atomic mass is 15.2. The zero-order valence-electron chi connectivity index (χ0n) is 34.8. The van der Waals surface area contributed by atoms with E-state index in [1.165, 1.54) is 55.5 Å². The van der Waals surface area contributed by atoms with Gasteiger partial charge in [-0.15, -0.1) is 0 Å². The van der Waals surface area contributed by atoms with Gasteiger partial charge in [0.1, 0.15) is 6.04 Å². The third kappa shape index (κ3) is 6.12. The second-order valence-electron chi connectivity index (χ2n) is 17.6. The zero-order valence-corrected chi connectivity index (χ0v) is 34.8. The van der Waals surface area contributed by atoms with Crippen molar-refractivity contribution in [2.75, 3.05) is 4.90 Å². The highest BCUT2D eigenvalue weighted by Gasteiger charge is 2.40. The molecule has 12 rings (SSSR count). The Morgan fingerprint density at radius 2 is 1.06 bits per heavy atom. The number of fused-ring (bicyclic) bond motifs is 8. The maximum Gasteiger partial charge on any atom is 0.101 e. The van der Waals surface area contributed by atoms with Gasteiger partial charge < -0.3 is 14.0 Å². The molecule has 0 radical (unpaired) electrons. The summed E-state index contributed by atoms with van der Waals surface area (Å²) in [6.45, 7) is 2.47. The van der Waals surface area contributed by atoms with Gasteiger partial charge >= 0.3 is 0 Å². The number of rotatable bonds is 9. The summed E-state index contributed by atoms with van der Waals surface area (Å²) >= 11 is 0. The van der Waals surface area contributed by atoms with Crippen LogP contribution in [0, 0.1) is 5.41 Å². The van der Waals surface area contributed by atoms with Gasteiger partial charge in [0.15, 0.2) is 0 Å². The topological polar surface area (TPSA) is 51.2 Å². The summed E-state index contributed by atoms with van der Waals surface area (Å²) in [6.07, 6.45) is 19.7. The summed E-state index contributed by atoms with van der Waals surface area (Å²) in [5.41, 5.74) is 17.0. The number of anilines is 1. The lowest BCUT2D eigenvalue weighted by Gasteiger charge is -2.32. The summed E-state index contributed by atoms with van der Waals surface area (Å²) in [7, 11) is 0. The normalized spacial score (nSPS) is 17.2. The van der Waals surface area contributed by atoms with Crippen molar-refractivity contribution in [2.45, 2.75) is 51.1 Å². The monoisotopic (exact) mass is 802 g/mol. The first kappa shape index (κ1) is 36.5. The molecular weight excluding hydrogens is 757 g/mol. The van der Waals surface area contributed by atoms with E-state index >= 15 is 0 Å². The van der Waals surface area contributed by atoms with E-state index in [4.69, 9.17) is 15.0 Å². The summed E-state index contributed by atoms with van der Waals surface area (Å²) < 4.78 is 4.69. The van der Waals surface area contributed by atoms with Gasteiger partial charge in [-0.3, -0.25) is 15.0 Å². The van der Waals surface area contributed by atoms with Crippen LogP contribution in [0.5, 0.6) is 0 Å². The van der Waals surface area contributed by atoms with Gasteiger partial charge in [-0.1, -0.05) is 97.9 Å². The summed E-state index contributed by atoms with van der Waals surface area (Å²) in [4.78, 5) is 17.0. The first-order chi connectivity index (χ1) is 30.6. The molecule has 6 heteroatoms. The van der Waals surface area contributed by atoms with Crippen molar-refractivity contribution in [1.29, 1.82) is 0 Å². The summed E-state index contributed by atoms with van der Waals surface area (Å²) in [6, 6.07) is 53.9. The molecule has 2 unspecified atom stereocenters. The minimum Gasteiger partial charge on any atom is -0.335 e. The van der Waals surface area contributed by atoms with Gasteiger partial charge in [0.25, 0.3) is 0 Å². The van der Waals surface area contributed by atoms with Gasteiger partial charge in [0.2, 0.25) is 0 Å². The number of hydrogen-bond acceptors (Lipinski definition) is 4. The van der Waals surface area contributed by atoms with E-state index in [0.29, 0.717) is 0 Å². The Morgan fingerprint density at radius 3 is 1.61 bits per heavy atom. The average molecular weight is 803 g/mol. The predicted octanol–water partition coefficient (Wildman–Crippen LogP) is 12.5. The van der Waals surface area contributed by atoms with Crippen molar-refractivity contribution in [3.63, 3.8) is 0 Å². The molecule has 0 saturated heterocycles. The fourth-order valence-electron chi connectivity index (χ4n) is 10.8. The Morgan fingerprint density at radius 1 is 0.565 bits per heavy atom. The second-order valence-corrected chi connectivity index (χ2v) is 17.6. The molecule has 300 valence electrons. The minimum absolute atomic E-state index is 0.0680. The lowest BCUT2D eigenvalue weighted by atomic mass is 9.74. The van der Waals surface area contributed by atoms with Crippen molar-refractivity contribution < 1.29 is 0 Å². The van der Waals surface area contributed by atoms with Crippen LogP contribution in [0.2, 0.25) is 0 Å². The molecule has 0 saturated carbocycles. The van der Waals surface area contributed by atoms with E-state index in [9.17, 15) is 0 Å². The molecule has 0 bridgehead atoms. The van der Waals surface area contributed by atoms with E-state index < -0.39 is 0 Å². The van der Waals surface area contributed by atoms with E-state index in [0.717, 1.165) is 65.5 Å². The predicted molar refractivity (Wildman–Crippen MR) is 256 cm³/mol. The maximum atomic E-state index is 4.92. The Hall–Kier alpha value is -7.31. The quantitative estimate of drug-likeness (QED) is 0.146. The Kier molecular flexibility index (Phi) is 8.66. The molecule has 2 atom stereocenters. The van der Waals surface area contributed by atoms with E-state index in [-0.39, 0.29) is 17.5 Å². The number of nitrogens with zero attached hydrogens (tertiary/aromatic N) is 6. The molecule has 1 aliphatic carbocycles. The third-order valence-electron chi connectivity index (χ3n) is 13.4. The van der Waals surface area contributed by atoms with Gasteiger partial charge in [0.05, 0.1) is 39.1 Å². The number of aromatic nitrogens is 4. The van der Waals surface area contributed by atoms with E-state index in [1.807, 2.05) is 30.7 Å². The summed E-state index contributed by atoms with van der Waals surface area (Å²) in [5.74, 6) is 0. The van der Waals surface area contributed by atoms with Crippen molar-refractivity contribution in [2.24, 2.45) is 10.4 Å². The van der Waals surface area contributed by atoms with Gasteiger partial charge in [-0.05, 0) is 139 Å². The maximum absolute atomic E-state index is 4.92. The Bertz CT molecular complexity index is 3020. The SMILES string of the molecule is CC(Cc1ccc(N2C3=C(C=CCC3)C3N=CC=CC32)cc1)(Cc1ccc(-n2c3ccccc3c3ncccc32)cc1)Cc1ccc(-n2c3ccccc3c3ncccc32)cc1. The number of para-hydroxylation sites is 2. The number of aliphatic imine (C=N–C) groups is 1. The molecule has 0 amide bonds. The van der Waals surface area contributed by atoms with Crippen molar-refractivity contribution in [3.8, 4) is 11.4 Å². The molecule has 0 fully saturated rings. The molecule has 9 aromatic rings. The molecule has 0 N–H and O–H groups in total. The molecule has 2 aliphatic heterocycles. The summed E-state index contributed by atoms with van der Waals surface area (Å²) in [5, 5.41) is 2.35. The smallest absolute Gasteiger partial charge is 0.101 e. The molecule has 5 aromatic carbocycles. The van der Waals surface area contributed by atoms with Crippen LogP contribution in [0.3, 0.4) is 0 Å². The van der Waals surface area contributed by atoms with Crippen LogP contribution < -0.4 is 4.90 Å². The van der Waals surface area contributed by atoms with E-state index in [1.54, 1.807) is 0 Å². The average Bonchev–Trinajstić information content (AvgIpc) is 3.96. The molecule has 6 heterocycles. The lowest BCUT2D eigenvalue weighted by molar-refractivity contribution is 0.316. The highest BCUT2D eigenvalue weighted by molar-refractivity contribution is 6.07. The van der Waals surface area contributed by atoms with Crippen molar-refractivity contribution in [1.82, 2.24) is 19.1 Å². The molecule has 62 heavy (non-hydrogen) atoms. The molecule has 6 nitrogen and oxygen atoms in total. The molecular formula is C56H46N6. The Labute approximate surface area is 361 Å². The van der Waals surface area contributed by atoms with Crippen LogP contribution in [0.25, 0.3) is 55.2 Å². The Balaban J connectivity index is 0.876. The largest absolute Gasteiger partial charge is 0.335 e. The zero-order chi connectivity index (χ0) is 41.2. The van der Waals surface area contributed by atoms with Crippen molar-refractivity contribution in [3.05, 3.63) is 210 Å². The van der Waals surface area contributed by atoms with Crippen LogP contribution in [0.1, 0.15) is 36.5 Å². The highest BCUT2D eigenvalue weighted by Crippen LogP contribution is 2.43. The van der Waals surface area contributed by atoms with E-state index in [2.05, 4.69) is 179 Å². The van der Waals surface area contributed by atoms with Gasteiger partial charge in [-0.25, -0.2) is 0 Å². The lowest BCUT2D eigenvalue weighted by Crippen LogP contribution is -2.35. The number of benzene rings is 5.